The van der Waals surface area contributed by atoms with Crippen molar-refractivity contribution in [3.05, 3.63) is 0 Å². The van der Waals surface area contributed by atoms with Gasteiger partial charge in [-0.3, -0.25) is 14.5 Å². The first-order valence-electron chi connectivity index (χ1n) is 13.5. The number of nitrogens with one attached hydrogen (secondary N) is 1. The fraction of sp³-hybridized carbons (Fsp3) is 0.862. The highest BCUT2D eigenvalue weighted by molar-refractivity contribution is 5.99. The number of rotatable bonds is 6. The topological polar surface area (TPSA) is 67.9 Å². The molecular formula is C29H48N2O4. The van der Waals surface area contributed by atoms with Gasteiger partial charge < -0.3 is 14.8 Å². The van der Waals surface area contributed by atoms with Gasteiger partial charge in [0.15, 0.2) is 5.41 Å². The summed E-state index contributed by atoms with van der Waals surface area (Å²) in [5, 5.41) is 3.79. The highest BCUT2D eigenvalue weighted by Gasteiger charge is 2.69. The number of ether oxygens (including phenoxy) is 2. The van der Waals surface area contributed by atoms with Crippen molar-refractivity contribution < 1.29 is 19.1 Å². The van der Waals surface area contributed by atoms with Gasteiger partial charge in [0.2, 0.25) is 0 Å². The average Bonchev–Trinajstić information content (AvgIpc) is 3.09. The Morgan fingerprint density at radius 2 is 1.66 bits per heavy atom. The standard InChI is InChI=1S/C29H48N2O4/c1-11-34-24(32)28(9,25(33)35-12-2)16-13-14-21(26(4,5)6)31-18-30-19(3)22-23(31)20-15-17-29(22,10)27(20,7)8/h19-23,30H,11-12,15-18H2,1-10H3/t19?,20-,21-,22-,23-,29+/m1/s1. The lowest BCUT2D eigenvalue weighted by molar-refractivity contribution is -0.170. The van der Waals surface area contributed by atoms with Crippen LogP contribution >= 0.6 is 0 Å². The van der Waals surface area contributed by atoms with Crippen LogP contribution in [0.5, 0.6) is 0 Å². The molecule has 2 bridgehead atoms. The van der Waals surface area contributed by atoms with Crippen LogP contribution in [-0.4, -0.2) is 54.8 Å². The molecule has 0 amide bonds. The van der Waals surface area contributed by atoms with Crippen LogP contribution < -0.4 is 5.32 Å². The van der Waals surface area contributed by atoms with Gasteiger partial charge in [0, 0.05) is 25.2 Å². The Hall–Kier alpha value is -1.58. The van der Waals surface area contributed by atoms with E-state index in [1.165, 1.54) is 12.8 Å². The van der Waals surface area contributed by atoms with Crippen molar-refractivity contribution >= 4 is 11.9 Å². The van der Waals surface area contributed by atoms with Gasteiger partial charge in [0.25, 0.3) is 0 Å². The van der Waals surface area contributed by atoms with Crippen molar-refractivity contribution in [3.63, 3.8) is 0 Å². The molecule has 1 heterocycles. The SMILES string of the molecule is CCOC(=O)C(C)(CC#C[C@@H](N1CNC(C)[C@@H]2[C@H]1[C@H]1CC[C@]2(C)C1(C)C)C(C)(C)C)C(=O)OCC. The van der Waals surface area contributed by atoms with Gasteiger partial charge in [0.1, 0.15) is 0 Å². The van der Waals surface area contributed by atoms with Crippen molar-refractivity contribution in [1.29, 1.82) is 0 Å². The van der Waals surface area contributed by atoms with E-state index in [9.17, 15) is 9.59 Å². The third kappa shape index (κ3) is 4.53. The summed E-state index contributed by atoms with van der Waals surface area (Å²) in [6, 6.07) is 0.928. The van der Waals surface area contributed by atoms with Crippen molar-refractivity contribution in [2.75, 3.05) is 19.9 Å². The number of esters is 2. The second kappa shape index (κ2) is 9.71. The van der Waals surface area contributed by atoms with Crippen molar-refractivity contribution in [3.8, 4) is 11.8 Å². The number of fused-ring (bicyclic) bond motifs is 5. The van der Waals surface area contributed by atoms with Crippen molar-refractivity contribution in [1.82, 2.24) is 10.2 Å². The third-order valence-corrected chi connectivity index (χ3v) is 9.69. The summed E-state index contributed by atoms with van der Waals surface area (Å²) < 4.78 is 10.4. The normalized spacial score (nSPS) is 32.9. The molecule has 35 heavy (non-hydrogen) atoms. The zero-order chi connectivity index (χ0) is 26.4. The maximum atomic E-state index is 12.7. The molecule has 0 aromatic rings. The molecule has 2 saturated carbocycles. The highest BCUT2D eigenvalue weighted by Crippen LogP contribution is 2.70. The Bertz CT molecular complexity index is 861. The Morgan fingerprint density at radius 1 is 1.09 bits per heavy atom. The lowest BCUT2D eigenvalue weighted by Gasteiger charge is -2.53. The highest BCUT2D eigenvalue weighted by atomic mass is 16.6. The quantitative estimate of drug-likeness (QED) is 0.334. The zero-order valence-electron chi connectivity index (χ0n) is 23.7. The molecule has 0 aromatic carbocycles. The number of carbonyl (C=O) groups excluding carboxylic acids is 2. The van der Waals surface area contributed by atoms with E-state index in [0.717, 1.165) is 6.67 Å². The van der Waals surface area contributed by atoms with Gasteiger partial charge in [-0.2, -0.15) is 0 Å². The summed E-state index contributed by atoms with van der Waals surface area (Å²) in [6.45, 7) is 22.8. The molecule has 1 N–H and O–H groups in total. The number of hydrogen-bond donors (Lipinski definition) is 1. The monoisotopic (exact) mass is 488 g/mol. The Balaban J connectivity index is 1.94. The molecule has 1 unspecified atom stereocenters. The van der Waals surface area contributed by atoms with Gasteiger partial charge in [-0.25, -0.2) is 0 Å². The van der Waals surface area contributed by atoms with Crippen LogP contribution in [0, 0.1) is 45.3 Å². The molecule has 0 aromatic heterocycles. The molecule has 6 atom stereocenters. The van der Waals surface area contributed by atoms with Crippen LogP contribution in [-0.2, 0) is 19.1 Å². The lowest BCUT2D eigenvalue weighted by Crippen LogP contribution is -2.65. The number of carbonyl (C=O) groups is 2. The molecular weight excluding hydrogens is 440 g/mol. The van der Waals surface area contributed by atoms with Gasteiger partial charge in [0.05, 0.1) is 19.3 Å². The van der Waals surface area contributed by atoms with E-state index in [1.807, 2.05) is 0 Å². The van der Waals surface area contributed by atoms with E-state index in [4.69, 9.17) is 9.47 Å². The van der Waals surface area contributed by atoms with Crippen LogP contribution in [0.4, 0.5) is 0 Å². The van der Waals surface area contributed by atoms with Crippen LogP contribution in [0.25, 0.3) is 0 Å². The van der Waals surface area contributed by atoms with Gasteiger partial charge in [-0.15, -0.1) is 0 Å². The van der Waals surface area contributed by atoms with E-state index >= 15 is 0 Å². The Labute approximate surface area is 213 Å². The molecule has 6 nitrogen and oxygen atoms in total. The number of hydrogen-bond acceptors (Lipinski definition) is 6. The van der Waals surface area contributed by atoms with E-state index in [-0.39, 0.29) is 36.5 Å². The minimum absolute atomic E-state index is 0.0117. The molecule has 3 aliphatic rings. The van der Waals surface area contributed by atoms with E-state index in [2.05, 4.69) is 70.5 Å². The van der Waals surface area contributed by atoms with Gasteiger partial charge >= 0.3 is 11.9 Å². The minimum atomic E-state index is -1.43. The van der Waals surface area contributed by atoms with Gasteiger partial charge in [-0.1, -0.05) is 53.4 Å². The fourth-order valence-electron chi connectivity index (χ4n) is 7.34. The molecule has 6 heteroatoms. The predicted octanol–water partition coefficient (Wildman–Crippen LogP) is 4.62. The first kappa shape index (κ1) is 28.0. The maximum absolute atomic E-state index is 12.7. The lowest BCUT2D eigenvalue weighted by atomic mass is 9.64. The van der Waals surface area contributed by atoms with Crippen LogP contribution in [0.2, 0.25) is 0 Å². The molecule has 3 rings (SSSR count). The number of nitrogens with zero attached hydrogens (tertiary/aromatic N) is 1. The molecule has 0 spiro atoms. The van der Waals surface area contributed by atoms with Gasteiger partial charge in [-0.05, 0) is 68.6 Å². The summed E-state index contributed by atoms with van der Waals surface area (Å²) in [7, 11) is 0. The van der Waals surface area contributed by atoms with E-state index in [0.29, 0.717) is 29.3 Å². The summed E-state index contributed by atoms with van der Waals surface area (Å²) in [5.74, 6) is 6.84. The van der Waals surface area contributed by atoms with Crippen LogP contribution in [0.1, 0.15) is 88.5 Å². The molecule has 1 aliphatic heterocycles. The molecule has 1 saturated heterocycles. The Kier molecular flexibility index (Phi) is 7.77. The third-order valence-electron chi connectivity index (χ3n) is 9.69. The van der Waals surface area contributed by atoms with E-state index in [1.54, 1.807) is 20.8 Å². The van der Waals surface area contributed by atoms with Crippen molar-refractivity contribution in [2.45, 2.75) is 107 Å². The predicted molar refractivity (Wildman–Crippen MR) is 138 cm³/mol. The maximum Gasteiger partial charge on any atom is 0.324 e. The zero-order valence-corrected chi connectivity index (χ0v) is 23.7. The molecule has 2 aliphatic carbocycles. The minimum Gasteiger partial charge on any atom is -0.465 e. The molecule has 3 fully saturated rings. The largest absolute Gasteiger partial charge is 0.465 e. The van der Waals surface area contributed by atoms with Crippen LogP contribution in [0.15, 0.2) is 0 Å². The average molecular weight is 489 g/mol. The summed E-state index contributed by atoms with van der Waals surface area (Å²) in [5.41, 5.74) is -0.948. The molecule has 198 valence electrons. The summed E-state index contributed by atoms with van der Waals surface area (Å²) in [6.07, 6.45) is 2.63. The molecule has 0 radical (unpaired) electrons. The second-order valence-electron chi connectivity index (χ2n) is 13.0. The Morgan fingerprint density at radius 3 is 2.17 bits per heavy atom. The fourth-order valence-corrected chi connectivity index (χ4v) is 7.34. The first-order chi connectivity index (χ1) is 16.2. The first-order valence-corrected chi connectivity index (χ1v) is 13.5. The summed E-state index contributed by atoms with van der Waals surface area (Å²) >= 11 is 0. The second-order valence-corrected chi connectivity index (χ2v) is 13.0. The smallest absolute Gasteiger partial charge is 0.324 e. The van der Waals surface area contributed by atoms with Crippen molar-refractivity contribution in [2.24, 2.45) is 33.5 Å². The van der Waals surface area contributed by atoms with Crippen LogP contribution in [0.3, 0.4) is 0 Å². The summed E-state index contributed by atoms with van der Waals surface area (Å²) in [4.78, 5) is 28.0. The van der Waals surface area contributed by atoms with E-state index < -0.39 is 17.4 Å².